The van der Waals surface area contributed by atoms with Gasteiger partial charge >= 0.3 is 0 Å². The molecule has 2 heterocycles. The van der Waals surface area contributed by atoms with Crippen molar-refractivity contribution in [3.05, 3.63) is 145 Å². The summed E-state index contributed by atoms with van der Waals surface area (Å²) in [6.07, 6.45) is 9.02. The molecule has 0 saturated heterocycles. The first kappa shape index (κ1) is 28.0. The zero-order valence-corrected chi connectivity index (χ0v) is 25.1. The fourth-order valence-corrected chi connectivity index (χ4v) is 5.62. The molecule has 0 bridgehead atoms. The van der Waals surface area contributed by atoms with Crippen molar-refractivity contribution >= 4 is 21.9 Å². The van der Waals surface area contributed by atoms with Crippen molar-refractivity contribution in [1.29, 1.82) is 0 Å². The molecule has 5 nitrogen and oxygen atoms in total. The average molecular weight is 586 g/mol. The summed E-state index contributed by atoms with van der Waals surface area (Å²) >= 11 is 0. The van der Waals surface area contributed by atoms with Crippen molar-refractivity contribution in [3.8, 4) is 51.0 Å². The van der Waals surface area contributed by atoms with E-state index in [9.17, 15) is 0 Å². The summed E-state index contributed by atoms with van der Waals surface area (Å²) < 4.78 is 12.1. The Balaban J connectivity index is 1.35. The van der Waals surface area contributed by atoms with Crippen molar-refractivity contribution in [2.75, 3.05) is 7.11 Å². The predicted octanol–water partition coefficient (Wildman–Crippen LogP) is 10.1. The van der Waals surface area contributed by atoms with Crippen molar-refractivity contribution in [1.82, 2.24) is 15.0 Å². The Labute approximate surface area is 262 Å². The Morgan fingerprint density at radius 2 is 1.29 bits per heavy atom. The van der Waals surface area contributed by atoms with Gasteiger partial charge in [-0.25, -0.2) is 15.0 Å². The van der Waals surface area contributed by atoms with Crippen LogP contribution >= 0.6 is 0 Å². The molecule has 0 fully saturated rings. The Morgan fingerprint density at radius 3 is 1.98 bits per heavy atom. The second-order valence-corrected chi connectivity index (χ2v) is 10.7. The number of nitrogens with zero attached hydrogens (tertiary/aromatic N) is 3. The van der Waals surface area contributed by atoms with E-state index in [1.807, 2.05) is 97.9 Å². The number of allylic oxidation sites excluding steroid dienone is 4. The van der Waals surface area contributed by atoms with Crippen LogP contribution in [0.5, 0.6) is 5.75 Å². The maximum atomic E-state index is 6.46. The summed E-state index contributed by atoms with van der Waals surface area (Å²) in [5, 5.41) is 1.99. The smallest absolute Gasteiger partial charge is 0.164 e. The zero-order valence-electron chi connectivity index (χ0n) is 25.1. The lowest BCUT2D eigenvalue weighted by atomic mass is 9.98. The van der Waals surface area contributed by atoms with E-state index in [-0.39, 0.29) is 0 Å². The van der Waals surface area contributed by atoms with E-state index in [1.54, 1.807) is 7.11 Å². The molecule has 7 rings (SSSR count). The summed E-state index contributed by atoms with van der Waals surface area (Å²) in [7, 11) is 1.71. The Bertz CT molecular complexity index is 2120. The van der Waals surface area contributed by atoms with E-state index in [2.05, 4.69) is 48.6 Å². The molecule has 0 atom stereocenters. The van der Waals surface area contributed by atoms with Gasteiger partial charge in [-0.3, -0.25) is 0 Å². The van der Waals surface area contributed by atoms with Crippen molar-refractivity contribution in [2.24, 2.45) is 0 Å². The third kappa shape index (κ3) is 5.64. The van der Waals surface area contributed by atoms with Crippen LogP contribution in [0, 0.1) is 0 Å². The van der Waals surface area contributed by atoms with Crippen molar-refractivity contribution < 1.29 is 9.15 Å². The van der Waals surface area contributed by atoms with Crippen LogP contribution in [0.4, 0.5) is 0 Å². The van der Waals surface area contributed by atoms with Gasteiger partial charge in [0.25, 0.3) is 0 Å². The van der Waals surface area contributed by atoms with Crippen LogP contribution in [0.15, 0.2) is 144 Å². The number of methoxy groups -OCH3 is 1. The number of hydrogen-bond donors (Lipinski definition) is 0. The molecule has 0 aliphatic carbocycles. The van der Waals surface area contributed by atoms with Gasteiger partial charge in [-0.15, -0.1) is 0 Å². The van der Waals surface area contributed by atoms with Gasteiger partial charge < -0.3 is 9.15 Å². The van der Waals surface area contributed by atoms with Crippen LogP contribution in [0.2, 0.25) is 0 Å². The molecular weight excluding hydrogens is 554 g/mol. The second-order valence-electron chi connectivity index (χ2n) is 10.7. The molecule has 45 heavy (non-hydrogen) atoms. The summed E-state index contributed by atoms with van der Waals surface area (Å²) in [4.78, 5) is 14.8. The molecule has 5 heteroatoms. The highest BCUT2D eigenvalue weighted by atomic mass is 16.5. The Morgan fingerprint density at radius 1 is 0.622 bits per heavy atom. The van der Waals surface area contributed by atoms with Crippen LogP contribution < -0.4 is 4.74 Å². The van der Waals surface area contributed by atoms with Crippen LogP contribution in [0.3, 0.4) is 0 Å². The predicted molar refractivity (Wildman–Crippen MR) is 183 cm³/mol. The van der Waals surface area contributed by atoms with Crippen LogP contribution in [-0.4, -0.2) is 22.1 Å². The largest absolute Gasteiger partial charge is 0.496 e. The first-order valence-corrected chi connectivity index (χ1v) is 15.0. The van der Waals surface area contributed by atoms with E-state index in [0.717, 1.165) is 67.5 Å². The molecule has 0 saturated carbocycles. The van der Waals surface area contributed by atoms with E-state index in [1.165, 1.54) is 0 Å². The molecule has 218 valence electrons. The minimum atomic E-state index is 0.603. The monoisotopic (exact) mass is 585 g/mol. The maximum absolute atomic E-state index is 6.46. The summed E-state index contributed by atoms with van der Waals surface area (Å²) in [6, 6.07) is 38.8. The molecule has 0 unspecified atom stereocenters. The third-order valence-corrected chi connectivity index (χ3v) is 7.83. The first-order valence-electron chi connectivity index (χ1n) is 15.0. The number of hydrogen-bond acceptors (Lipinski definition) is 5. The Kier molecular flexibility index (Phi) is 7.73. The normalized spacial score (nSPS) is 11.7. The SMILES string of the molecule is C/C=C\C=C/Cc1cc(-c2ccc3c(c2)oc2cccc(-c4nc(-c5ccccc5)nc(-c5ccccc5)n4)c23)ccc1OC. The van der Waals surface area contributed by atoms with Gasteiger partial charge in [-0.1, -0.05) is 109 Å². The fourth-order valence-electron chi connectivity index (χ4n) is 5.62. The highest BCUT2D eigenvalue weighted by Gasteiger charge is 2.18. The molecule has 2 aromatic heterocycles. The second kappa shape index (κ2) is 12.4. The van der Waals surface area contributed by atoms with E-state index < -0.39 is 0 Å². The molecule has 0 spiro atoms. The fraction of sp³-hybridized carbons (Fsp3) is 0.0750. The van der Waals surface area contributed by atoms with E-state index in [0.29, 0.717) is 17.5 Å². The number of furan rings is 1. The number of rotatable bonds is 8. The standard InChI is InChI=1S/C40H31N3O2/c1-3-4-5-8-18-31-25-29(22-24-34(31)44-2)30-21-23-32-36(26-30)45-35-20-13-19-33(37(32)35)40-42-38(27-14-9-6-10-15-27)41-39(43-40)28-16-11-7-12-17-28/h3-17,19-26H,18H2,1-2H3/b4-3-,8-5-. The molecular formula is C40H31N3O2. The van der Waals surface area contributed by atoms with Gasteiger partial charge in [0, 0.05) is 27.5 Å². The lowest BCUT2D eigenvalue weighted by Crippen LogP contribution is -2.00. The van der Waals surface area contributed by atoms with Crippen LogP contribution in [0.25, 0.3) is 67.2 Å². The van der Waals surface area contributed by atoms with Crippen LogP contribution in [0.1, 0.15) is 12.5 Å². The van der Waals surface area contributed by atoms with Gasteiger partial charge in [-0.2, -0.15) is 0 Å². The highest BCUT2D eigenvalue weighted by Crippen LogP contribution is 2.38. The molecule has 0 radical (unpaired) electrons. The highest BCUT2D eigenvalue weighted by molar-refractivity contribution is 6.12. The summed E-state index contributed by atoms with van der Waals surface area (Å²) in [6.45, 7) is 2.01. The van der Waals surface area contributed by atoms with Crippen molar-refractivity contribution in [2.45, 2.75) is 13.3 Å². The molecule has 7 aromatic rings. The maximum Gasteiger partial charge on any atom is 0.164 e. The Hall–Kier alpha value is -5.81. The lowest BCUT2D eigenvalue weighted by Gasteiger charge is -2.10. The quantitative estimate of drug-likeness (QED) is 0.166. The third-order valence-electron chi connectivity index (χ3n) is 7.83. The molecule has 5 aromatic carbocycles. The molecule has 0 aliphatic rings. The van der Waals surface area contributed by atoms with Gasteiger partial charge in [0.05, 0.1) is 7.11 Å². The topological polar surface area (TPSA) is 61.0 Å². The number of aromatic nitrogens is 3. The summed E-state index contributed by atoms with van der Waals surface area (Å²) in [5.41, 5.74) is 7.66. The van der Waals surface area contributed by atoms with E-state index >= 15 is 0 Å². The molecule has 0 amide bonds. The number of ether oxygens (including phenoxy) is 1. The van der Waals surface area contributed by atoms with Crippen LogP contribution in [-0.2, 0) is 6.42 Å². The number of benzene rings is 5. The van der Waals surface area contributed by atoms with E-state index in [4.69, 9.17) is 24.1 Å². The lowest BCUT2D eigenvalue weighted by molar-refractivity contribution is 0.411. The van der Waals surface area contributed by atoms with Gasteiger partial charge in [0.1, 0.15) is 16.9 Å². The number of fused-ring (bicyclic) bond motifs is 3. The van der Waals surface area contributed by atoms with Crippen molar-refractivity contribution in [3.63, 3.8) is 0 Å². The summed E-state index contributed by atoms with van der Waals surface area (Å²) in [5.74, 6) is 2.73. The van der Waals surface area contributed by atoms with Gasteiger partial charge in [0.2, 0.25) is 0 Å². The minimum Gasteiger partial charge on any atom is -0.496 e. The zero-order chi connectivity index (χ0) is 30.6. The van der Waals surface area contributed by atoms with Gasteiger partial charge in [-0.05, 0) is 60.4 Å². The minimum absolute atomic E-state index is 0.603. The van der Waals surface area contributed by atoms with Gasteiger partial charge in [0.15, 0.2) is 17.5 Å². The first-order chi connectivity index (χ1) is 22.2. The average Bonchev–Trinajstić information content (AvgIpc) is 3.49. The molecule has 0 N–H and O–H groups in total. The molecule has 0 aliphatic heterocycles.